The average molecular weight is 393 g/mol. The maximum Gasteiger partial charge on any atom is 0.338 e. The van der Waals surface area contributed by atoms with Crippen molar-refractivity contribution >= 4 is 39.2 Å². The maximum atomic E-state index is 12.0. The third-order valence-electron chi connectivity index (χ3n) is 3.33. The Hall–Kier alpha value is -2.32. The number of ether oxygens (including phenoxy) is 1. The molecule has 0 spiro atoms. The summed E-state index contributed by atoms with van der Waals surface area (Å²) in [6, 6.07) is 13.4. The zero-order chi connectivity index (χ0) is 19.2. The van der Waals surface area contributed by atoms with Crippen LogP contribution >= 0.6 is 11.8 Å². The number of hydrogen-bond acceptors (Lipinski definition) is 6. The van der Waals surface area contributed by atoms with Crippen LogP contribution in [0.2, 0.25) is 0 Å². The van der Waals surface area contributed by atoms with Crippen LogP contribution < -0.4 is 5.32 Å². The van der Waals surface area contributed by atoms with Gasteiger partial charge in [0.15, 0.2) is 16.4 Å². The predicted octanol–water partition coefficient (Wildman–Crippen LogP) is 2.75. The van der Waals surface area contributed by atoms with Gasteiger partial charge < -0.3 is 10.1 Å². The molecule has 1 N–H and O–H groups in total. The molecule has 0 saturated carbocycles. The van der Waals surface area contributed by atoms with Crippen LogP contribution in [0.25, 0.3) is 0 Å². The number of anilines is 1. The van der Waals surface area contributed by atoms with Gasteiger partial charge in [0, 0.05) is 11.2 Å². The van der Waals surface area contributed by atoms with Crippen molar-refractivity contribution in [3.05, 3.63) is 59.7 Å². The lowest BCUT2D eigenvalue weighted by Gasteiger charge is -2.09. The molecule has 0 saturated heterocycles. The van der Waals surface area contributed by atoms with Gasteiger partial charge in [-0.1, -0.05) is 24.3 Å². The predicted molar refractivity (Wildman–Crippen MR) is 102 cm³/mol. The highest BCUT2D eigenvalue weighted by molar-refractivity contribution is 7.98. The van der Waals surface area contributed by atoms with Crippen molar-refractivity contribution < 1.29 is 22.7 Å². The Morgan fingerprint density at radius 1 is 1.08 bits per heavy atom. The molecule has 2 aromatic rings. The molecule has 0 bridgehead atoms. The number of nitrogens with one attached hydrogen (secondary N) is 1. The molecule has 2 rings (SSSR count). The summed E-state index contributed by atoms with van der Waals surface area (Å²) in [5.74, 6) is -1.18. The highest BCUT2D eigenvalue weighted by Gasteiger charge is 2.12. The smallest absolute Gasteiger partial charge is 0.338 e. The summed E-state index contributed by atoms with van der Waals surface area (Å²) in [5.41, 5.74) is 1.49. The molecular formula is C18H19NO5S2. The summed E-state index contributed by atoms with van der Waals surface area (Å²) in [5, 5.41) is 2.70. The SMILES string of the molecule is CSc1ccccc1NC(=O)COC(=O)c1ccc(CS(C)(=O)=O)cc1. The van der Waals surface area contributed by atoms with Crippen molar-refractivity contribution in [2.45, 2.75) is 10.6 Å². The van der Waals surface area contributed by atoms with Gasteiger partial charge in [-0.3, -0.25) is 4.79 Å². The number of carbonyl (C=O) groups excluding carboxylic acids is 2. The minimum atomic E-state index is -3.14. The zero-order valence-electron chi connectivity index (χ0n) is 14.4. The second kappa shape index (κ2) is 8.86. The molecule has 0 radical (unpaired) electrons. The molecule has 0 aliphatic heterocycles. The number of hydrogen-bond donors (Lipinski definition) is 1. The van der Waals surface area contributed by atoms with Gasteiger partial charge in [0.05, 0.1) is 17.0 Å². The summed E-state index contributed by atoms with van der Waals surface area (Å²) >= 11 is 1.50. The van der Waals surface area contributed by atoms with Crippen molar-refractivity contribution in [2.24, 2.45) is 0 Å². The van der Waals surface area contributed by atoms with Gasteiger partial charge in [0.1, 0.15) is 0 Å². The van der Waals surface area contributed by atoms with Crippen molar-refractivity contribution in [2.75, 3.05) is 24.4 Å². The first-order valence-corrected chi connectivity index (χ1v) is 10.9. The monoisotopic (exact) mass is 393 g/mol. The fourth-order valence-corrected chi connectivity index (χ4v) is 3.54. The first-order valence-electron chi connectivity index (χ1n) is 7.65. The molecule has 6 nitrogen and oxygen atoms in total. The molecule has 26 heavy (non-hydrogen) atoms. The summed E-state index contributed by atoms with van der Waals surface area (Å²) < 4.78 is 27.5. The van der Waals surface area contributed by atoms with Gasteiger partial charge in [-0.25, -0.2) is 13.2 Å². The lowest BCUT2D eigenvalue weighted by Crippen LogP contribution is -2.21. The lowest BCUT2D eigenvalue weighted by atomic mass is 10.1. The van der Waals surface area contributed by atoms with E-state index < -0.39 is 28.3 Å². The summed E-state index contributed by atoms with van der Waals surface area (Å²) in [4.78, 5) is 24.9. The molecule has 0 atom stereocenters. The van der Waals surface area contributed by atoms with Crippen LogP contribution in [0.3, 0.4) is 0 Å². The van der Waals surface area contributed by atoms with E-state index in [1.165, 1.54) is 23.9 Å². The van der Waals surface area contributed by atoms with Crippen LogP contribution in [0.15, 0.2) is 53.4 Å². The minimum Gasteiger partial charge on any atom is -0.452 e. The van der Waals surface area contributed by atoms with Gasteiger partial charge in [-0.05, 0) is 36.1 Å². The molecule has 138 valence electrons. The van der Waals surface area contributed by atoms with Gasteiger partial charge >= 0.3 is 5.97 Å². The van der Waals surface area contributed by atoms with E-state index in [4.69, 9.17) is 4.74 Å². The van der Waals surface area contributed by atoms with Gasteiger partial charge in [0.2, 0.25) is 0 Å². The fourth-order valence-electron chi connectivity index (χ4n) is 2.19. The summed E-state index contributed by atoms with van der Waals surface area (Å²) in [6.07, 6.45) is 3.04. The lowest BCUT2D eigenvalue weighted by molar-refractivity contribution is -0.119. The quantitative estimate of drug-likeness (QED) is 0.575. The van der Waals surface area contributed by atoms with Crippen LogP contribution in [0.5, 0.6) is 0 Å². The molecule has 0 aliphatic carbocycles. The van der Waals surface area contributed by atoms with E-state index in [-0.39, 0.29) is 11.3 Å². The number of thioether (sulfide) groups is 1. The molecule has 2 aromatic carbocycles. The maximum absolute atomic E-state index is 12.0. The average Bonchev–Trinajstić information content (AvgIpc) is 2.59. The number of sulfone groups is 1. The topological polar surface area (TPSA) is 89.5 Å². The Balaban J connectivity index is 1.90. The van der Waals surface area contributed by atoms with Crippen molar-refractivity contribution in [3.8, 4) is 0 Å². The zero-order valence-corrected chi connectivity index (χ0v) is 16.0. The van der Waals surface area contributed by atoms with Crippen molar-refractivity contribution in [1.29, 1.82) is 0 Å². The first-order chi connectivity index (χ1) is 12.3. The van der Waals surface area contributed by atoms with E-state index in [9.17, 15) is 18.0 Å². The van der Waals surface area contributed by atoms with E-state index in [2.05, 4.69) is 5.32 Å². The molecule has 0 unspecified atom stereocenters. The molecule has 0 aliphatic rings. The van der Waals surface area contributed by atoms with Gasteiger partial charge in [0.25, 0.3) is 5.91 Å². The number of esters is 1. The normalized spacial score (nSPS) is 11.0. The number of amides is 1. The second-order valence-electron chi connectivity index (χ2n) is 5.59. The molecular weight excluding hydrogens is 374 g/mol. The Morgan fingerprint density at radius 3 is 2.35 bits per heavy atom. The van der Waals surface area contributed by atoms with Gasteiger partial charge in [-0.2, -0.15) is 0 Å². The van der Waals surface area contributed by atoms with Gasteiger partial charge in [-0.15, -0.1) is 11.8 Å². The van der Waals surface area contributed by atoms with E-state index in [1.54, 1.807) is 24.3 Å². The van der Waals surface area contributed by atoms with E-state index in [0.29, 0.717) is 11.3 Å². The largest absolute Gasteiger partial charge is 0.452 e. The standard InChI is InChI=1S/C18H19NO5S2/c1-25-16-6-4-3-5-15(16)19-17(20)11-24-18(21)14-9-7-13(8-10-14)12-26(2,22)23/h3-10H,11-12H2,1-2H3,(H,19,20). The molecule has 0 heterocycles. The fraction of sp³-hybridized carbons (Fsp3) is 0.222. The third-order valence-corrected chi connectivity index (χ3v) is 4.99. The Bertz CT molecular complexity index is 892. The number of para-hydroxylation sites is 1. The van der Waals surface area contributed by atoms with Crippen LogP contribution in [-0.4, -0.2) is 39.4 Å². The van der Waals surface area contributed by atoms with Crippen LogP contribution in [-0.2, 0) is 25.1 Å². The minimum absolute atomic E-state index is 0.0976. The highest BCUT2D eigenvalue weighted by Crippen LogP contribution is 2.24. The van der Waals surface area contributed by atoms with Crippen LogP contribution in [0, 0.1) is 0 Å². The van der Waals surface area contributed by atoms with E-state index in [1.807, 2.05) is 18.4 Å². The Kier molecular flexibility index (Phi) is 6.82. The first kappa shape index (κ1) is 20.0. The molecule has 0 aromatic heterocycles. The second-order valence-corrected chi connectivity index (χ2v) is 8.58. The van der Waals surface area contributed by atoms with E-state index in [0.717, 1.165) is 11.2 Å². The molecule has 0 fully saturated rings. The molecule has 8 heteroatoms. The summed E-state index contributed by atoms with van der Waals surface area (Å²) in [6.45, 7) is -0.410. The van der Waals surface area contributed by atoms with Crippen LogP contribution in [0.4, 0.5) is 5.69 Å². The summed E-state index contributed by atoms with van der Waals surface area (Å²) in [7, 11) is -3.14. The Labute approximate surface area is 156 Å². The van der Waals surface area contributed by atoms with Crippen molar-refractivity contribution in [3.63, 3.8) is 0 Å². The molecule has 1 amide bonds. The highest BCUT2D eigenvalue weighted by atomic mass is 32.2. The van der Waals surface area contributed by atoms with E-state index >= 15 is 0 Å². The van der Waals surface area contributed by atoms with Crippen LogP contribution in [0.1, 0.15) is 15.9 Å². The number of rotatable bonds is 7. The number of benzene rings is 2. The Morgan fingerprint density at radius 2 is 1.73 bits per heavy atom. The number of carbonyl (C=O) groups is 2. The van der Waals surface area contributed by atoms with Crippen molar-refractivity contribution in [1.82, 2.24) is 0 Å². The third kappa shape index (κ3) is 6.20.